The second kappa shape index (κ2) is 7.17. The lowest BCUT2D eigenvalue weighted by Crippen LogP contribution is -2.45. The fourth-order valence-electron chi connectivity index (χ4n) is 3.17. The molecule has 2 aliphatic rings. The average molecular weight is 322 g/mol. The summed E-state index contributed by atoms with van der Waals surface area (Å²) < 4.78 is 24.3. The maximum Gasteiger partial charge on any atom is 0.315 e. The van der Waals surface area contributed by atoms with Gasteiger partial charge in [-0.2, -0.15) is 0 Å². The molecular formula is C17H23FN2O3. The predicted molar refractivity (Wildman–Crippen MR) is 83.9 cm³/mol. The molecule has 0 unspecified atom stereocenters. The lowest BCUT2D eigenvalue weighted by atomic mass is 10.0. The molecule has 0 spiro atoms. The van der Waals surface area contributed by atoms with Crippen molar-refractivity contribution in [3.63, 3.8) is 0 Å². The van der Waals surface area contributed by atoms with Crippen LogP contribution in [0, 0.1) is 11.7 Å². The molecule has 2 amide bonds. The Morgan fingerprint density at radius 3 is 3.00 bits per heavy atom. The zero-order chi connectivity index (χ0) is 16.2. The Hall–Kier alpha value is -1.82. The van der Waals surface area contributed by atoms with Crippen LogP contribution in [0.2, 0.25) is 0 Å². The lowest BCUT2D eigenvalue weighted by Gasteiger charge is -2.23. The third-order valence-corrected chi connectivity index (χ3v) is 4.58. The maximum absolute atomic E-state index is 13.4. The molecular weight excluding hydrogens is 299 g/mol. The molecule has 3 rings (SSSR count). The minimum Gasteiger partial charge on any atom is -0.493 e. The minimum atomic E-state index is -0.330. The molecule has 23 heavy (non-hydrogen) atoms. The lowest BCUT2D eigenvalue weighted by molar-refractivity contribution is 0.177. The van der Waals surface area contributed by atoms with Crippen LogP contribution in [0.5, 0.6) is 5.75 Å². The number of hydrogen-bond donors (Lipinski definition) is 2. The van der Waals surface area contributed by atoms with E-state index in [0.29, 0.717) is 24.9 Å². The van der Waals surface area contributed by atoms with Gasteiger partial charge in [0.2, 0.25) is 0 Å². The van der Waals surface area contributed by atoms with Crippen LogP contribution in [-0.4, -0.2) is 31.9 Å². The van der Waals surface area contributed by atoms with Crippen LogP contribution in [0.1, 0.15) is 37.8 Å². The van der Waals surface area contributed by atoms with Crippen molar-refractivity contribution in [2.24, 2.45) is 5.92 Å². The molecule has 1 aromatic carbocycles. The van der Waals surface area contributed by atoms with E-state index in [1.54, 1.807) is 6.07 Å². The van der Waals surface area contributed by atoms with Crippen molar-refractivity contribution in [2.75, 3.05) is 19.8 Å². The minimum absolute atomic E-state index is 0.0622. The van der Waals surface area contributed by atoms with Crippen LogP contribution in [-0.2, 0) is 4.74 Å². The van der Waals surface area contributed by atoms with Crippen LogP contribution in [0.3, 0.4) is 0 Å². The van der Waals surface area contributed by atoms with Gasteiger partial charge in [0.05, 0.1) is 19.3 Å². The van der Waals surface area contributed by atoms with Gasteiger partial charge in [0.1, 0.15) is 11.6 Å². The van der Waals surface area contributed by atoms with Gasteiger partial charge in [0.15, 0.2) is 0 Å². The molecule has 126 valence electrons. The van der Waals surface area contributed by atoms with E-state index in [9.17, 15) is 9.18 Å². The highest BCUT2D eigenvalue weighted by Crippen LogP contribution is 2.32. The van der Waals surface area contributed by atoms with Crippen molar-refractivity contribution in [3.05, 3.63) is 29.6 Å². The molecule has 1 aromatic rings. The number of carbonyl (C=O) groups is 1. The molecule has 1 fully saturated rings. The van der Waals surface area contributed by atoms with Gasteiger partial charge in [-0.3, -0.25) is 0 Å². The summed E-state index contributed by atoms with van der Waals surface area (Å²) in [7, 11) is 0. The molecule has 0 radical (unpaired) electrons. The quantitative estimate of drug-likeness (QED) is 0.899. The zero-order valence-corrected chi connectivity index (χ0v) is 13.3. The molecule has 0 aromatic heterocycles. The first-order valence-electron chi connectivity index (χ1n) is 8.20. The molecule has 0 aliphatic carbocycles. The maximum atomic E-state index is 13.4. The number of halogens is 1. The normalized spacial score (nSPS) is 25.0. The molecule has 0 saturated carbocycles. The van der Waals surface area contributed by atoms with E-state index in [-0.39, 0.29) is 23.9 Å². The van der Waals surface area contributed by atoms with Crippen molar-refractivity contribution in [1.82, 2.24) is 10.6 Å². The van der Waals surface area contributed by atoms with Crippen molar-refractivity contribution < 1.29 is 18.7 Å². The molecule has 3 atom stereocenters. The van der Waals surface area contributed by atoms with E-state index in [1.165, 1.54) is 12.1 Å². The largest absolute Gasteiger partial charge is 0.493 e. The van der Waals surface area contributed by atoms with Crippen LogP contribution >= 0.6 is 0 Å². The summed E-state index contributed by atoms with van der Waals surface area (Å²) in [5, 5.41) is 5.98. The van der Waals surface area contributed by atoms with Gasteiger partial charge < -0.3 is 20.1 Å². The van der Waals surface area contributed by atoms with Crippen molar-refractivity contribution in [3.8, 4) is 5.75 Å². The Bertz CT molecular complexity index is 561. The second-order valence-electron chi connectivity index (χ2n) is 6.26. The van der Waals surface area contributed by atoms with Gasteiger partial charge in [-0.05, 0) is 32.3 Å². The summed E-state index contributed by atoms with van der Waals surface area (Å²) in [6.07, 6.45) is 2.56. The number of nitrogens with one attached hydrogen (secondary N) is 2. The van der Waals surface area contributed by atoms with Gasteiger partial charge in [0, 0.05) is 30.2 Å². The molecule has 6 heteroatoms. The molecule has 1 saturated heterocycles. The number of ether oxygens (including phenoxy) is 2. The molecule has 2 N–H and O–H groups in total. The Balaban J connectivity index is 1.63. The van der Waals surface area contributed by atoms with E-state index in [0.717, 1.165) is 31.4 Å². The van der Waals surface area contributed by atoms with Crippen LogP contribution in [0.4, 0.5) is 9.18 Å². The number of urea groups is 1. The Morgan fingerprint density at radius 1 is 1.35 bits per heavy atom. The zero-order valence-electron chi connectivity index (χ0n) is 13.3. The van der Waals surface area contributed by atoms with Crippen molar-refractivity contribution in [1.29, 1.82) is 0 Å². The van der Waals surface area contributed by atoms with Gasteiger partial charge in [0.25, 0.3) is 0 Å². The summed E-state index contributed by atoms with van der Waals surface area (Å²) in [4.78, 5) is 12.3. The number of rotatable bonds is 3. The SMILES string of the molecule is C[C@H](NC(=O)N[C@H]1CCCOc2cc(F)ccc21)[C@@H]1CCOC1. The standard InChI is InChI=1S/C17H23FN2O3/c1-11(12-6-8-22-10-12)19-17(21)20-15-3-2-7-23-16-9-13(18)4-5-14(15)16/h4-5,9,11-12,15H,2-3,6-8,10H2,1H3,(H2,19,20,21)/t11-,12+,15-/m0/s1. The molecule has 0 bridgehead atoms. The van der Waals surface area contributed by atoms with Gasteiger partial charge in [-0.15, -0.1) is 0 Å². The third-order valence-electron chi connectivity index (χ3n) is 4.58. The number of hydrogen-bond acceptors (Lipinski definition) is 3. The highest BCUT2D eigenvalue weighted by Gasteiger charge is 2.26. The van der Waals surface area contributed by atoms with Crippen molar-refractivity contribution >= 4 is 6.03 Å². The summed E-state index contributed by atoms with van der Waals surface area (Å²) in [6.45, 7) is 3.99. The first-order chi connectivity index (χ1) is 11.1. The summed E-state index contributed by atoms with van der Waals surface area (Å²) >= 11 is 0. The fraction of sp³-hybridized carbons (Fsp3) is 0.588. The van der Waals surface area contributed by atoms with E-state index in [4.69, 9.17) is 9.47 Å². The predicted octanol–water partition coefficient (Wildman–Crippen LogP) is 2.76. The monoisotopic (exact) mass is 322 g/mol. The van der Waals surface area contributed by atoms with Crippen LogP contribution < -0.4 is 15.4 Å². The van der Waals surface area contributed by atoms with Crippen LogP contribution in [0.15, 0.2) is 18.2 Å². The third kappa shape index (κ3) is 3.93. The number of carbonyl (C=O) groups excluding carboxylic acids is 1. The smallest absolute Gasteiger partial charge is 0.315 e. The number of fused-ring (bicyclic) bond motifs is 1. The highest BCUT2D eigenvalue weighted by atomic mass is 19.1. The van der Waals surface area contributed by atoms with Gasteiger partial charge in [-0.1, -0.05) is 6.07 Å². The molecule has 2 aliphatic heterocycles. The Labute approximate surface area is 135 Å². The van der Waals surface area contributed by atoms with E-state index < -0.39 is 0 Å². The van der Waals surface area contributed by atoms with E-state index in [1.807, 2.05) is 6.92 Å². The van der Waals surface area contributed by atoms with E-state index in [2.05, 4.69) is 10.6 Å². The number of amides is 2. The van der Waals surface area contributed by atoms with Crippen molar-refractivity contribution in [2.45, 2.75) is 38.3 Å². The average Bonchev–Trinajstić information content (AvgIpc) is 2.98. The fourth-order valence-corrected chi connectivity index (χ4v) is 3.17. The molecule has 5 nitrogen and oxygen atoms in total. The first kappa shape index (κ1) is 16.1. The summed E-state index contributed by atoms with van der Waals surface area (Å²) in [5.74, 6) is 0.549. The summed E-state index contributed by atoms with van der Waals surface area (Å²) in [6, 6.07) is 4.17. The summed E-state index contributed by atoms with van der Waals surface area (Å²) in [5.41, 5.74) is 0.830. The number of benzene rings is 1. The topological polar surface area (TPSA) is 59.6 Å². The first-order valence-corrected chi connectivity index (χ1v) is 8.20. The highest BCUT2D eigenvalue weighted by molar-refractivity contribution is 5.75. The molecule has 2 heterocycles. The van der Waals surface area contributed by atoms with Gasteiger partial charge >= 0.3 is 6.03 Å². The van der Waals surface area contributed by atoms with Gasteiger partial charge in [-0.25, -0.2) is 9.18 Å². The Kier molecular flexibility index (Phi) is 5.00. The second-order valence-corrected chi connectivity index (χ2v) is 6.26. The van der Waals surface area contributed by atoms with Crippen LogP contribution in [0.25, 0.3) is 0 Å². The van der Waals surface area contributed by atoms with E-state index >= 15 is 0 Å². The Morgan fingerprint density at radius 2 is 2.22 bits per heavy atom.